The van der Waals surface area contributed by atoms with Gasteiger partial charge in [0, 0.05) is 12.2 Å². The van der Waals surface area contributed by atoms with E-state index in [-0.39, 0.29) is 17.5 Å². The summed E-state index contributed by atoms with van der Waals surface area (Å²) >= 11 is 4.90. The van der Waals surface area contributed by atoms with Gasteiger partial charge in [-0.1, -0.05) is 12.2 Å². The fourth-order valence-electron chi connectivity index (χ4n) is 1.72. The van der Waals surface area contributed by atoms with Gasteiger partial charge in [-0.25, -0.2) is 9.97 Å². The van der Waals surface area contributed by atoms with Gasteiger partial charge in [-0.05, 0) is 25.8 Å². The minimum absolute atomic E-state index is 0.152. The van der Waals surface area contributed by atoms with Crippen molar-refractivity contribution < 1.29 is 9.53 Å². The lowest BCUT2D eigenvalue weighted by Crippen LogP contribution is -2.34. The second-order valence-electron chi connectivity index (χ2n) is 4.27. The van der Waals surface area contributed by atoms with Crippen molar-refractivity contribution in [2.45, 2.75) is 25.8 Å². The van der Waals surface area contributed by atoms with E-state index in [4.69, 9.17) is 22.7 Å². The van der Waals surface area contributed by atoms with Crippen molar-refractivity contribution in [2.75, 3.05) is 18.1 Å². The number of esters is 1. The molecule has 1 fully saturated rings. The Balaban J connectivity index is 2.16. The van der Waals surface area contributed by atoms with E-state index in [1.165, 1.54) is 0 Å². The topological polar surface area (TPSA) is 81.3 Å². The largest absolute Gasteiger partial charge is 0.465 e. The lowest BCUT2D eigenvalue weighted by molar-refractivity contribution is -0.141. The predicted octanol–water partition coefficient (Wildman–Crippen LogP) is 0.643. The van der Waals surface area contributed by atoms with Crippen LogP contribution in [0.5, 0.6) is 0 Å². The summed E-state index contributed by atoms with van der Waals surface area (Å²) in [6.45, 7) is 2.30. The van der Waals surface area contributed by atoms with Gasteiger partial charge in [0.25, 0.3) is 0 Å². The number of nitrogens with zero attached hydrogens (tertiary/aromatic N) is 3. The molecule has 102 valence electrons. The van der Waals surface area contributed by atoms with E-state index in [0.717, 1.165) is 12.8 Å². The molecule has 0 unspecified atom stereocenters. The molecule has 0 radical (unpaired) electrons. The number of carbonyl (C=O) groups is 1. The van der Waals surface area contributed by atoms with Gasteiger partial charge in [0.15, 0.2) is 0 Å². The molecule has 0 atom stereocenters. The second kappa shape index (κ2) is 5.92. The average Bonchev–Trinajstić information content (AvgIpc) is 3.20. The summed E-state index contributed by atoms with van der Waals surface area (Å²) in [5.41, 5.74) is 6.06. The molecule has 2 N–H and O–H groups in total. The summed E-state index contributed by atoms with van der Waals surface area (Å²) in [6.07, 6.45) is 3.65. The SMILES string of the molecule is CCOC(=O)CN(c1nccc(C(N)=S)n1)C1CC1. The summed E-state index contributed by atoms with van der Waals surface area (Å²) in [7, 11) is 0. The number of nitrogens with two attached hydrogens (primary N) is 1. The number of ether oxygens (including phenoxy) is 1. The zero-order chi connectivity index (χ0) is 13.8. The first-order valence-electron chi connectivity index (χ1n) is 6.17. The highest BCUT2D eigenvalue weighted by Crippen LogP contribution is 2.29. The van der Waals surface area contributed by atoms with Crippen molar-refractivity contribution in [2.24, 2.45) is 5.73 Å². The molecule has 1 aliphatic rings. The number of thiocarbonyl (C=S) groups is 1. The fraction of sp³-hybridized carbons (Fsp3) is 0.500. The van der Waals surface area contributed by atoms with Crippen molar-refractivity contribution in [3.8, 4) is 0 Å². The Labute approximate surface area is 117 Å². The van der Waals surface area contributed by atoms with Gasteiger partial charge >= 0.3 is 5.97 Å². The van der Waals surface area contributed by atoms with Crippen LogP contribution in [0.2, 0.25) is 0 Å². The van der Waals surface area contributed by atoms with Crippen LogP contribution < -0.4 is 10.6 Å². The van der Waals surface area contributed by atoms with Gasteiger partial charge < -0.3 is 15.4 Å². The zero-order valence-corrected chi connectivity index (χ0v) is 11.5. The lowest BCUT2D eigenvalue weighted by atomic mass is 10.4. The maximum Gasteiger partial charge on any atom is 0.325 e. The highest BCUT2D eigenvalue weighted by molar-refractivity contribution is 7.80. The van der Waals surface area contributed by atoms with Crippen molar-refractivity contribution >= 4 is 29.1 Å². The molecule has 1 aromatic rings. The number of aromatic nitrogens is 2. The Morgan fingerprint density at radius 1 is 1.63 bits per heavy atom. The van der Waals surface area contributed by atoms with E-state index in [1.54, 1.807) is 19.2 Å². The summed E-state index contributed by atoms with van der Waals surface area (Å²) in [5.74, 6) is 0.194. The van der Waals surface area contributed by atoms with Gasteiger partial charge in [0.2, 0.25) is 5.95 Å². The monoisotopic (exact) mass is 280 g/mol. The number of hydrogen-bond donors (Lipinski definition) is 1. The van der Waals surface area contributed by atoms with Crippen LogP contribution >= 0.6 is 12.2 Å². The number of rotatable bonds is 6. The first kappa shape index (κ1) is 13.7. The van der Waals surface area contributed by atoms with Crippen LogP contribution in [0.25, 0.3) is 0 Å². The fourth-order valence-corrected chi connectivity index (χ4v) is 1.83. The molecule has 0 spiro atoms. The van der Waals surface area contributed by atoms with E-state index in [9.17, 15) is 4.79 Å². The second-order valence-corrected chi connectivity index (χ2v) is 4.71. The molecule has 0 aliphatic heterocycles. The standard InChI is InChI=1S/C12H16N4O2S/c1-2-18-10(17)7-16(8-3-4-8)12-14-6-5-9(15-12)11(13)19/h5-6,8H,2-4,7H2,1H3,(H2,13,19). The first-order valence-corrected chi connectivity index (χ1v) is 6.57. The number of carbonyl (C=O) groups excluding carboxylic acids is 1. The van der Waals surface area contributed by atoms with E-state index in [1.807, 2.05) is 4.90 Å². The molecule has 0 bridgehead atoms. The van der Waals surface area contributed by atoms with Crippen LogP contribution in [-0.4, -0.2) is 40.1 Å². The molecular weight excluding hydrogens is 264 g/mol. The first-order chi connectivity index (χ1) is 9.11. The maximum absolute atomic E-state index is 11.6. The third-order valence-electron chi connectivity index (χ3n) is 2.74. The smallest absolute Gasteiger partial charge is 0.325 e. The van der Waals surface area contributed by atoms with Crippen LogP contribution in [0.4, 0.5) is 5.95 Å². The van der Waals surface area contributed by atoms with Crippen molar-refractivity contribution in [3.63, 3.8) is 0 Å². The third-order valence-corrected chi connectivity index (χ3v) is 2.95. The van der Waals surface area contributed by atoms with E-state index < -0.39 is 0 Å². The minimum atomic E-state index is -0.279. The average molecular weight is 280 g/mol. The molecule has 0 aromatic carbocycles. The van der Waals surface area contributed by atoms with Crippen LogP contribution in [0.1, 0.15) is 25.5 Å². The highest BCUT2D eigenvalue weighted by atomic mass is 32.1. The third kappa shape index (κ3) is 3.60. The molecule has 19 heavy (non-hydrogen) atoms. The van der Waals surface area contributed by atoms with Crippen LogP contribution in [0.15, 0.2) is 12.3 Å². The summed E-state index contributed by atoms with van der Waals surface area (Å²) in [4.78, 5) is 22.1. The Morgan fingerprint density at radius 2 is 2.37 bits per heavy atom. The van der Waals surface area contributed by atoms with Crippen molar-refractivity contribution in [3.05, 3.63) is 18.0 Å². The van der Waals surface area contributed by atoms with E-state index in [0.29, 0.717) is 24.3 Å². The highest BCUT2D eigenvalue weighted by Gasteiger charge is 2.32. The summed E-state index contributed by atoms with van der Waals surface area (Å²) in [6, 6.07) is 1.95. The van der Waals surface area contributed by atoms with Gasteiger partial charge in [-0.3, -0.25) is 4.79 Å². The van der Waals surface area contributed by atoms with Crippen molar-refractivity contribution in [1.82, 2.24) is 9.97 Å². The van der Waals surface area contributed by atoms with Gasteiger partial charge in [-0.15, -0.1) is 0 Å². The normalized spacial score (nSPS) is 13.9. The van der Waals surface area contributed by atoms with Crippen molar-refractivity contribution in [1.29, 1.82) is 0 Å². The summed E-state index contributed by atoms with van der Waals surface area (Å²) < 4.78 is 4.96. The Hall–Kier alpha value is -1.76. The Bertz CT molecular complexity index is 490. The maximum atomic E-state index is 11.6. The van der Waals surface area contributed by atoms with Crippen LogP contribution in [-0.2, 0) is 9.53 Å². The molecule has 1 saturated carbocycles. The molecular formula is C12H16N4O2S. The zero-order valence-electron chi connectivity index (χ0n) is 10.7. The molecule has 0 amide bonds. The molecule has 1 aliphatic carbocycles. The molecule has 1 heterocycles. The molecule has 1 aromatic heterocycles. The molecule has 7 heteroatoms. The minimum Gasteiger partial charge on any atom is -0.465 e. The Morgan fingerprint density at radius 3 is 2.95 bits per heavy atom. The van der Waals surface area contributed by atoms with Gasteiger partial charge in [0.1, 0.15) is 17.2 Å². The predicted molar refractivity (Wildman–Crippen MR) is 74.9 cm³/mol. The van der Waals surface area contributed by atoms with Crippen LogP contribution in [0, 0.1) is 0 Å². The summed E-state index contributed by atoms with van der Waals surface area (Å²) in [5, 5.41) is 0. The molecule has 0 saturated heterocycles. The number of hydrogen-bond acceptors (Lipinski definition) is 6. The van der Waals surface area contributed by atoms with Gasteiger partial charge in [-0.2, -0.15) is 0 Å². The Kier molecular flexibility index (Phi) is 4.26. The quantitative estimate of drug-likeness (QED) is 0.605. The van der Waals surface area contributed by atoms with Gasteiger partial charge in [0.05, 0.1) is 6.61 Å². The molecule has 2 rings (SSSR count). The van der Waals surface area contributed by atoms with Crippen LogP contribution in [0.3, 0.4) is 0 Å². The van der Waals surface area contributed by atoms with E-state index >= 15 is 0 Å². The number of anilines is 1. The molecule has 6 nitrogen and oxygen atoms in total. The van der Waals surface area contributed by atoms with E-state index in [2.05, 4.69) is 9.97 Å². The lowest BCUT2D eigenvalue weighted by Gasteiger charge is -2.21.